The smallest absolute Gasteiger partial charge is 0.247 e. The molecule has 0 saturated carbocycles. The topological polar surface area (TPSA) is 64.4 Å². The van der Waals surface area contributed by atoms with Gasteiger partial charge in [-0.1, -0.05) is 0 Å². The molecule has 25 heavy (non-hydrogen) atoms. The van der Waals surface area contributed by atoms with E-state index in [1.807, 2.05) is 16.9 Å². The lowest BCUT2D eigenvalue weighted by Gasteiger charge is -2.38. The van der Waals surface area contributed by atoms with E-state index < -0.39 is 15.8 Å². The van der Waals surface area contributed by atoms with Gasteiger partial charge in [0.05, 0.1) is 13.2 Å². The Kier molecular flexibility index (Phi) is 4.04. The van der Waals surface area contributed by atoms with E-state index in [1.165, 1.54) is 19.2 Å². The largest absolute Gasteiger partial charge is 0.495 e. The van der Waals surface area contributed by atoms with Gasteiger partial charge in [-0.2, -0.15) is 9.40 Å². The maximum atomic E-state index is 13.7. The molecule has 3 heterocycles. The summed E-state index contributed by atoms with van der Waals surface area (Å²) < 4.78 is 48.8. The van der Waals surface area contributed by atoms with Crippen LogP contribution in [0.25, 0.3) is 0 Å². The second-order valence-electron chi connectivity index (χ2n) is 6.63. The molecule has 0 aliphatic carbocycles. The highest BCUT2D eigenvalue weighted by Gasteiger charge is 2.48. The molecule has 2 aliphatic heterocycles. The molecule has 0 amide bonds. The normalized spacial score (nSPS) is 26.7. The molecule has 2 bridgehead atoms. The molecule has 2 unspecified atom stereocenters. The van der Waals surface area contributed by atoms with E-state index in [2.05, 4.69) is 5.10 Å². The average Bonchev–Trinajstić information content (AvgIpc) is 3.22. The van der Waals surface area contributed by atoms with Crippen molar-refractivity contribution in [3.8, 4) is 5.75 Å². The number of piperidine rings is 1. The van der Waals surface area contributed by atoms with Crippen LogP contribution in [0.1, 0.15) is 31.7 Å². The summed E-state index contributed by atoms with van der Waals surface area (Å²) in [5.74, 6) is -0.409. The molecule has 0 spiro atoms. The minimum absolute atomic E-state index is 0.0917. The van der Waals surface area contributed by atoms with Crippen molar-refractivity contribution < 1.29 is 17.5 Å². The Hall–Kier alpha value is -1.93. The Bertz CT molecular complexity index is 855. The summed E-state index contributed by atoms with van der Waals surface area (Å²) in [7, 11) is -2.42. The fraction of sp³-hybridized carbons (Fsp3) is 0.471. The highest BCUT2D eigenvalue weighted by Crippen LogP contribution is 2.44. The van der Waals surface area contributed by atoms with E-state index in [0.29, 0.717) is 0 Å². The van der Waals surface area contributed by atoms with E-state index in [0.717, 1.165) is 31.7 Å². The Balaban J connectivity index is 1.68. The molecule has 8 heteroatoms. The molecule has 0 N–H and O–H groups in total. The third-order valence-corrected chi connectivity index (χ3v) is 7.25. The molecule has 134 valence electrons. The minimum Gasteiger partial charge on any atom is -0.495 e. The van der Waals surface area contributed by atoms with E-state index in [-0.39, 0.29) is 28.8 Å². The summed E-state index contributed by atoms with van der Waals surface area (Å²) in [6.07, 6.45) is 6.73. The maximum Gasteiger partial charge on any atom is 0.247 e. The predicted molar refractivity (Wildman–Crippen MR) is 89.3 cm³/mol. The number of ether oxygens (including phenoxy) is 1. The molecule has 2 fully saturated rings. The van der Waals surface area contributed by atoms with Gasteiger partial charge in [0.25, 0.3) is 0 Å². The molecular weight excluding hydrogens is 345 g/mol. The SMILES string of the molecule is COc1ccc(F)cc1S(=O)(=O)N1C2CCC1CC(n1cccn1)C2. The van der Waals surface area contributed by atoms with Crippen LogP contribution in [0.5, 0.6) is 5.75 Å². The first-order valence-corrected chi connectivity index (χ1v) is 9.81. The summed E-state index contributed by atoms with van der Waals surface area (Å²) >= 11 is 0. The molecule has 2 saturated heterocycles. The first kappa shape index (κ1) is 16.5. The maximum absolute atomic E-state index is 13.7. The quantitative estimate of drug-likeness (QED) is 0.835. The summed E-state index contributed by atoms with van der Waals surface area (Å²) in [5, 5.41) is 4.30. The van der Waals surface area contributed by atoms with Gasteiger partial charge < -0.3 is 4.74 Å². The zero-order chi connectivity index (χ0) is 17.6. The molecule has 1 aromatic heterocycles. The highest BCUT2D eigenvalue weighted by molar-refractivity contribution is 7.89. The molecular formula is C17H20FN3O3S. The van der Waals surface area contributed by atoms with Crippen LogP contribution < -0.4 is 4.74 Å². The fourth-order valence-corrected chi connectivity index (χ4v) is 6.24. The Morgan fingerprint density at radius 3 is 2.52 bits per heavy atom. The molecule has 4 rings (SSSR count). The zero-order valence-corrected chi connectivity index (χ0v) is 14.7. The predicted octanol–water partition coefficient (Wildman–Crippen LogP) is 2.59. The molecule has 2 atom stereocenters. The number of hydrogen-bond donors (Lipinski definition) is 0. The third kappa shape index (κ3) is 2.73. The number of rotatable bonds is 4. The van der Waals surface area contributed by atoms with E-state index in [9.17, 15) is 12.8 Å². The van der Waals surface area contributed by atoms with Gasteiger partial charge in [0.1, 0.15) is 16.5 Å². The van der Waals surface area contributed by atoms with Crippen molar-refractivity contribution in [2.45, 2.75) is 48.7 Å². The van der Waals surface area contributed by atoms with Crippen LogP contribution in [-0.4, -0.2) is 41.7 Å². The first-order chi connectivity index (χ1) is 12.0. The van der Waals surface area contributed by atoms with Crippen LogP contribution in [0.2, 0.25) is 0 Å². The average molecular weight is 365 g/mol. The summed E-state index contributed by atoms with van der Waals surface area (Å²) in [5.41, 5.74) is 0. The van der Waals surface area contributed by atoms with Crippen LogP contribution in [0, 0.1) is 5.82 Å². The summed E-state index contributed by atoms with van der Waals surface area (Å²) in [4.78, 5) is -0.0931. The third-order valence-electron chi connectivity index (χ3n) is 5.22. The number of hydrogen-bond acceptors (Lipinski definition) is 4. The van der Waals surface area contributed by atoms with Gasteiger partial charge >= 0.3 is 0 Å². The van der Waals surface area contributed by atoms with Crippen LogP contribution in [0.15, 0.2) is 41.6 Å². The molecule has 2 aromatic rings. The van der Waals surface area contributed by atoms with E-state index in [4.69, 9.17) is 4.74 Å². The van der Waals surface area contributed by atoms with Gasteiger partial charge in [-0.05, 0) is 49.9 Å². The van der Waals surface area contributed by atoms with Gasteiger partial charge in [-0.25, -0.2) is 12.8 Å². The van der Waals surface area contributed by atoms with Gasteiger partial charge in [-0.15, -0.1) is 0 Å². The van der Waals surface area contributed by atoms with Crippen molar-refractivity contribution in [1.29, 1.82) is 0 Å². The monoisotopic (exact) mass is 365 g/mol. The summed E-state index contributed by atoms with van der Waals surface area (Å²) in [6.45, 7) is 0. The van der Waals surface area contributed by atoms with Crippen molar-refractivity contribution in [1.82, 2.24) is 14.1 Å². The van der Waals surface area contributed by atoms with Crippen LogP contribution in [0.3, 0.4) is 0 Å². The number of nitrogens with zero attached hydrogens (tertiary/aromatic N) is 3. The molecule has 2 aliphatic rings. The number of sulfonamides is 1. The lowest BCUT2D eigenvalue weighted by Crippen LogP contribution is -2.46. The molecule has 0 radical (unpaired) electrons. The number of methoxy groups -OCH3 is 1. The second kappa shape index (κ2) is 6.10. The van der Waals surface area contributed by atoms with Gasteiger partial charge in [0.2, 0.25) is 10.0 Å². The Labute approximate surface area is 146 Å². The van der Waals surface area contributed by atoms with Crippen molar-refractivity contribution in [2.75, 3.05) is 7.11 Å². The Morgan fingerprint density at radius 2 is 1.92 bits per heavy atom. The van der Waals surface area contributed by atoms with E-state index in [1.54, 1.807) is 10.5 Å². The molecule has 6 nitrogen and oxygen atoms in total. The van der Waals surface area contributed by atoms with Crippen molar-refractivity contribution >= 4 is 10.0 Å². The Morgan fingerprint density at radius 1 is 1.20 bits per heavy atom. The van der Waals surface area contributed by atoms with Crippen molar-refractivity contribution in [3.05, 3.63) is 42.5 Å². The lowest BCUT2D eigenvalue weighted by molar-refractivity contribution is 0.184. The first-order valence-electron chi connectivity index (χ1n) is 8.37. The minimum atomic E-state index is -3.82. The van der Waals surface area contributed by atoms with Crippen LogP contribution in [0.4, 0.5) is 4.39 Å². The number of benzene rings is 1. The van der Waals surface area contributed by atoms with Crippen LogP contribution in [-0.2, 0) is 10.0 Å². The fourth-order valence-electron chi connectivity index (χ4n) is 4.18. The van der Waals surface area contributed by atoms with Gasteiger partial charge in [0, 0.05) is 24.5 Å². The van der Waals surface area contributed by atoms with Crippen LogP contribution >= 0.6 is 0 Å². The number of aromatic nitrogens is 2. The zero-order valence-electron chi connectivity index (χ0n) is 13.9. The van der Waals surface area contributed by atoms with Gasteiger partial charge in [-0.3, -0.25) is 4.68 Å². The number of fused-ring (bicyclic) bond motifs is 2. The van der Waals surface area contributed by atoms with E-state index >= 15 is 0 Å². The lowest BCUT2D eigenvalue weighted by atomic mass is 10.00. The number of halogens is 1. The highest BCUT2D eigenvalue weighted by atomic mass is 32.2. The molecule has 1 aromatic carbocycles. The standard InChI is InChI=1S/C17H20FN3O3S/c1-24-16-6-3-12(18)9-17(16)25(22,23)21-13-4-5-14(21)11-15(10-13)20-8-2-7-19-20/h2-3,6-9,13-15H,4-5,10-11H2,1H3. The van der Waals surface area contributed by atoms with Crippen molar-refractivity contribution in [2.24, 2.45) is 0 Å². The summed E-state index contributed by atoms with van der Waals surface area (Å²) in [6, 6.07) is 5.51. The second-order valence-corrected chi connectivity index (χ2v) is 8.44. The van der Waals surface area contributed by atoms with Gasteiger partial charge in [0.15, 0.2) is 0 Å². The van der Waals surface area contributed by atoms with Crippen molar-refractivity contribution in [3.63, 3.8) is 0 Å².